The Hall–Kier alpha value is -0.460. The van der Waals surface area contributed by atoms with Gasteiger partial charge in [0.25, 0.3) is 0 Å². The van der Waals surface area contributed by atoms with Crippen molar-refractivity contribution in [3.05, 3.63) is 18.7 Å². The SMILES string of the molecule is [CH]=C([CH]C)N(C)C. The number of nitrogens with zero attached hydrogens (tertiary/aromatic N) is 1. The molecule has 0 amide bonds. The second-order valence-corrected chi connectivity index (χ2v) is 1.61. The van der Waals surface area contributed by atoms with Crippen LogP contribution in [0, 0.1) is 13.0 Å². The summed E-state index contributed by atoms with van der Waals surface area (Å²) in [6, 6.07) is 0. The molecule has 0 bridgehead atoms. The van der Waals surface area contributed by atoms with E-state index in [-0.39, 0.29) is 0 Å². The van der Waals surface area contributed by atoms with Crippen molar-refractivity contribution < 1.29 is 0 Å². The van der Waals surface area contributed by atoms with E-state index in [2.05, 4.69) is 0 Å². The Labute approximate surface area is 45.6 Å². The van der Waals surface area contributed by atoms with Crippen LogP contribution in [0.3, 0.4) is 0 Å². The van der Waals surface area contributed by atoms with Crippen LogP contribution in [0.15, 0.2) is 5.70 Å². The molecule has 0 spiro atoms. The number of hydrogen-bond donors (Lipinski definition) is 0. The summed E-state index contributed by atoms with van der Waals surface area (Å²) < 4.78 is 0. The van der Waals surface area contributed by atoms with E-state index in [0.717, 1.165) is 5.70 Å². The lowest BCUT2D eigenvalue weighted by atomic mass is 10.4. The van der Waals surface area contributed by atoms with E-state index in [4.69, 9.17) is 6.58 Å². The van der Waals surface area contributed by atoms with Gasteiger partial charge in [-0.25, -0.2) is 0 Å². The molecular formula is C6H11N. The van der Waals surface area contributed by atoms with Gasteiger partial charge in [0.2, 0.25) is 0 Å². The van der Waals surface area contributed by atoms with E-state index in [0.29, 0.717) is 0 Å². The van der Waals surface area contributed by atoms with Gasteiger partial charge in [-0.3, -0.25) is 0 Å². The maximum Gasteiger partial charge on any atom is 0.0163 e. The van der Waals surface area contributed by atoms with Gasteiger partial charge in [-0.05, 0) is 6.58 Å². The zero-order chi connectivity index (χ0) is 5.86. The zero-order valence-electron chi connectivity index (χ0n) is 5.10. The van der Waals surface area contributed by atoms with Crippen molar-refractivity contribution in [1.82, 2.24) is 4.90 Å². The number of hydrogen-bond acceptors (Lipinski definition) is 1. The number of rotatable bonds is 2. The zero-order valence-corrected chi connectivity index (χ0v) is 5.10. The molecule has 0 saturated heterocycles. The highest BCUT2D eigenvalue weighted by Crippen LogP contribution is 1.95. The molecule has 40 valence electrons. The van der Waals surface area contributed by atoms with Crippen LogP contribution in [-0.2, 0) is 0 Å². The Bertz CT molecular complexity index is 64.6. The third kappa shape index (κ3) is 2.26. The summed E-state index contributed by atoms with van der Waals surface area (Å²) >= 11 is 0. The molecule has 0 aliphatic carbocycles. The maximum absolute atomic E-state index is 5.40. The summed E-state index contributed by atoms with van der Waals surface area (Å²) in [7, 11) is 3.82. The lowest BCUT2D eigenvalue weighted by Crippen LogP contribution is -2.08. The largest absolute Gasteiger partial charge is 0.381 e. The molecule has 0 rings (SSSR count). The van der Waals surface area contributed by atoms with E-state index in [9.17, 15) is 0 Å². The summed E-state index contributed by atoms with van der Waals surface area (Å²) in [5.74, 6) is 0. The second-order valence-electron chi connectivity index (χ2n) is 1.61. The molecule has 0 unspecified atom stereocenters. The fraction of sp³-hybridized carbons (Fsp3) is 0.500. The van der Waals surface area contributed by atoms with Gasteiger partial charge in [0.15, 0.2) is 0 Å². The first-order valence-corrected chi connectivity index (χ1v) is 2.27. The van der Waals surface area contributed by atoms with Crippen LogP contribution >= 0.6 is 0 Å². The average molecular weight is 97.2 g/mol. The molecule has 0 saturated carbocycles. The summed E-state index contributed by atoms with van der Waals surface area (Å²) in [6.07, 6.45) is 1.86. The lowest BCUT2D eigenvalue weighted by molar-refractivity contribution is 0.520. The Morgan fingerprint density at radius 1 is 1.57 bits per heavy atom. The van der Waals surface area contributed by atoms with Crippen molar-refractivity contribution in [3.63, 3.8) is 0 Å². The normalized spacial score (nSPS) is 8.43. The first kappa shape index (κ1) is 6.54. The predicted molar refractivity (Wildman–Crippen MR) is 31.5 cm³/mol. The molecule has 2 radical (unpaired) electrons. The molecule has 0 fully saturated rings. The molecule has 0 aliphatic heterocycles. The summed E-state index contributed by atoms with van der Waals surface area (Å²) in [5.41, 5.74) is 0.806. The standard InChI is InChI=1S/C6H11N/c1-5-6(2)7(3)4/h2,5H,1,3-4H3. The van der Waals surface area contributed by atoms with Crippen molar-refractivity contribution in [2.45, 2.75) is 6.92 Å². The van der Waals surface area contributed by atoms with Crippen molar-refractivity contribution in [2.24, 2.45) is 0 Å². The van der Waals surface area contributed by atoms with Gasteiger partial charge in [-0.1, -0.05) is 6.92 Å². The van der Waals surface area contributed by atoms with Gasteiger partial charge in [0.1, 0.15) is 0 Å². The van der Waals surface area contributed by atoms with Crippen LogP contribution in [0.5, 0.6) is 0 Å². The predicted octanol–water partition coefficient (Wildman–Crippen LogP) is 1.09. The highest BCUT2D eigenvalue weighted by Gasteiger charge is 1.87. The Balaban J connectivity index is 3.35. The van der Waals surface area contributed by atoms with Crippen LogP contribution in [0.1, 0.15) is 6.92 Å². The lowest BCUT2D eigenvalue weighted by Gasteiger charge is -2.11. The monoisotopic (exact) mass is 97.1 g/mol. The molecular weight excluding hydrogens is 86.1 g/mol. The van der Waals surface area contributed by atoms with Gasteiger partial charge >= 0.3 is 0 Å². The molecule has 0 aromatic carbocycles. The quantitative estimate of drug-likeness (QED) is 0.498. The van der Waals surface area contributed by atoms with Crippen molar-refractivity contribution in [3.8, 4) is 0 Å². The van der Waals surface area contributed by atoms with E-state index in [1.165, 1.54) is 0 Å². The molecule has 7 heavy (non-hydrogen) atoms. The highest BCUT2D eigenvalue weighted by atomic mass is 15.1. The van der Waals surface area contributed by atoms with Crippen LogP contribution < -0.4 is 0 Å². The molecule has 0 aromatic rings. The van der Waals surface area contributed by atoms with Gasteiger partial charge in [0, 0.05) is 26.2 Å². The third-order valence-corrected chi connectivity index (χ3v) is 0.812. The molecule has 0 aromatic heterocycles. The fourth-order valence-electron chi connectivity index (χ4n) is 0.258. The van der Waals surface area contributed by atoms with E-state index < -0.39 is 0 Å². The third-order valence-electron chi connectivity index (χ3n) is 0.812. The Morgan fingerprint density at radius 3 is 2.00 bits per heavy atom. The summed E-state index contributed by atoms with van der Waals surface area (Å²) in [4.78, 5) is 1.86. The molecule has 0 N–H and O–H groups in total. The van der Waals surface area contributed by atoms with Crippen LogP contribution in [0.25, 0.3) is 0 Å². The minimum absolute atomic E-state index is 0.806. The second kappa shape index (κ2) is 2.67. The maximum atomic E-state index is 5.40. The number of allylic oxidation sites excluding steroid dienone is 1. The van der Waals surface area contributed by atoms with E-state index in [1.54, 1.807) is 0 Å². The fourth-order valence-corrected chi connectivity index (χ4v) is 0.258. The van der Waals surface area contributed by atoms with Crippen LogP contribution in [0.2, 0.25) is 0 Å². The average Bonchev–Trinajstić information content (AvgIpc) is 1.65. The van der Waals surface area contributed by atoms with Gasteiger partial charge in [-0.15, -0.1) is 0 Å². The van der Waals surface area contributed by atoms with Gasteiger partial charge in [-0.2, -0.15) is 0 Å². The molecule has 1 heteroatoms. The molecule has 0 aliphatic rings. The van der Waals surface area contributed by atoms with Gasteiger partial charge in [0.05, 0.1) is 0 Å². The van der Waals surface area contributed by atoms with Gasteiger partial charge < -0.3 is 4.90 Å². The minimum Gasteiger partial charge on any atom is -0.381 e. The van der Waals surface area contributed by atoms with Crippen LogP contribution in [-0.4, -0.2) is 19.0 Å². The Morgan fingerprint density at radius 2 is 2.00 bits per heavy atom. The first-order chi connectivity index (χ1) is 3.18. The van der Waals surface area contributed by atoms with Crippen LogP contribution in [0.4, 0.5) is 0 Å². The molecule has 0 heterocycles. The smallest absolute Gasteiger partial charge is 0.0163 e. The molecule has 0 atom stereocenters. The summed E-state index contributed by atoms with van der Waals surface area (Å²) in [6.45, 7) is 7.31. The Kier molecular flexibility index (Phi) is 2.49. The van der Waals surface area contributed by atoms with Crippen molar-refractivity contribution in [2.75, 3.05) is 14.1 Å². The van der Waals surface area contributed by atoms with Crippen molar-refractivity contribution in [1.29, 1.82) is 0 Å². The summed E-state index contributed by atoms with van der Waals surface area (Å²) in [5, 5.41) is 0. The topological polar surface area (TPSA) is 3.24 Å². The van der Waals surface area contributed by atoms with E-state index in [1.807, 2.05) is 32.3 Å². The molecule has 1 nitrogen and oxygen atoms in total. The van der Waals surface area contributed by atoms with Crippen molar-refractivity contribution >= 4 is 0 Å². The minimum atomic E-state index is 0.806. The van der Waals surface area contributed by atoms with E-state index >= 15 is 0 Å². The highest BCUT2D eigenvalue weighted by molar-refractivity contribution is 4.99. The first-order valence-electron chi connectivity index (χ1n) is 2.27.